The number of aromatic nitrogens is 1. The molecule has 0 spiro atoms. The molecule has 2 aromatic rings. The first-order valence-electron chi connectivity index (χ1n) is 7.71. The van der Waals surface area contributed by atoms with Crippen molar-refractivity contribution in [3.63, 3.8) is 0 Å². The zero-order valence-corrected chi connectivity index (χ0v) is 14.9. The Labute approximate surface area is 152 Å². The standard InChI is InChI=1S/C17H20N2O2.ClH.3H2O/c1-19-11-6-7-12(19)9-13(8-11)21-17(20)15-10-18-16-5-3-2-4-14(15)16;;;;/h2-5,10-13,18H,6-9H2,1H3;1H;3*1H2. The van der Waals surface area contributed by atoms with E-state index in [-0.39, 0.29) is 40.9 Å². The maximum absolute atomic E-state index is 12.4. The van der Waals surface area contributed by atoms with Crippen LogP contribution in [0.2, 0.25) is 0 Å². The number of piperidine rings is 1. The van der Waals surface area contributed by atoms with Gasteiger partial charge in [-0.25, -0.2) is 4.79 Å². The number of aromatic amines is 1. The highest BCUT2D eigenvalue weighted by Crippen LogP contribution is 2.35. The number of rotatable bonds is 2. The number of H-pyrrole nitrogens is 1. The van der Waals surface area contributed by atoms with Crippen molar-refractivity contribution in [2.45, 2.75) is 43.9 Å². The minimum absolute atomic E-state index is 0. The summed E-state index contributed by atoms with van der Waals surface area (Å²) in [6.45, 7) is 0. The normalized spacial score (nSPS) is 24.3. The van der Waals surface area contributed by atoms with E-state index < -0.39 is 0 Å². The Balaban J connectivity index is 0.00000144. The summed E-state index contributed by atoms with van der Waals surface area (Å²) in [5.74, 6) is -0.193. The molecular formula is C17H27ClN2O5. The van der Waals surface area contributed by atoms with E-state index in [1.807, 2.05) is 24.3 Å². The van der Waals surface area contributed by atoms with Gasteiger partial charge in [0.1, 0.15) is 6.10 Å². The van der Waals surface area contributed by atoms with E-state index in [1.54, 1.807) is 6.20 Å². The molecule has 1 aromatic carbocycles. The third kappa shape index (κ3) is 4.13. The van der Waals surface area contributed by atoms with E-state index >= 15 is 0 Å². The zero-order chi connectivity index (χ0) is 14.4. The Morgan fingerprint density at radius 1 is 1.12 bits per heavy atom. The van der Waals surface area contributed by atoms with Gasteiger partial charge in [-0.2, -0.15) is 0 Å². The molecular weight excluding hydrogens is 348 g/mol. The van der Waals surface area contributed by atoms with Gasteiger partial charge in [-0.15, -0.1) is 12.4 Å². The molecule has 2 fully saturated rings. The number of esters is 1. The first kappa shape index (κ1) is 23.4. The van der Waals surface area contributed by atoms with Crippen molar-refractivity contribution in [2.75, 3.05) is 7.05 Å². The van der Waals surface area contributed by atoms with E-state index in [0.29, 0.717) is 17.6 Å². The lowest BCUT2D eigenvalue weighted by Gasteiger charge is -2.35. The van der Waals surface area contributed by atoms with Crippen molar-refractivity contribution in [1.29, 1.82) is 0 Å². The van der Waals surface area contributed by atoms with Gasteiger partial charge in [-0.05, 0) is 26.0 Å². The quantitative estimate of drug-likeness (QED) is 0.780. The number of para-hydroxylation sites is 1. The Morgan fingerprint density at radius 3 is 2.36 bits per heavy atom. The van der Waals surface area contributed by atoms with Crippen LogP contribution in [0.1, 0.15) is 36.0 Å². The average Bonchev–Trinajstić information content (AvgIpc) is 2.98. The maximum Gasteiger partial charge on any atom is 0.340 e. The van der Waals surface area contributed by atoms with E-state index in [0.717, 1.165) is 23.7 Å². The number of halogens is 1. The highest BCUT2D eigenvalue weighted by atomic mass is 35.5. The Bertz CT molecular complexity index is 678. The molecule has 7 nitrogen and oxygen atoms in total. The summed E-state index contributed by atoms with van der Waals surface area (Å²) in [7, 11) is 2.19. The van der Waals surface area contributed by atoms with Crippen LogP contribution in [0.3, 0.4) is 0 Å². The third-order valence-corrected chi connectivity index (χ3v) is 5.14. The van der Waals surface area contributed by atoms with Crippen LogP contribution in [0.25, 0.3) is 10.9 Å². The van der Waals surface area contributed by atoms with Crippen LogP contribution in [0.4, 0.5) is 0 Å². The molecule has 4 rings (SSSR count). The second-order valence-corrected chi connectivity index (χ2v) is 6.30. The van der Waals surface area contributed by atoms with E-state index in [9.17, 15) is 4.79 Å². The number of nitrogens with zero attached hydrogens (tertiary/aromatic N) is 1. The van der Waals surface area contributed by atoms with Gasteiger partial charge in [0.25, 0.3) is 0 Å². The smallest absolute Gasteiger partial charge is 0.340 e. The number of ether oxygens (including phenoxy) is 1. The summed E-state index contributed by atoms with van der Waals surface area (Å²) in [5, 5.41) is 0.943. The number of carbonyl (C=O) groups excluding carboxylic acids is 1. The van der Waals surface area contributed by atoms with Gasteiger partial charge in [-0.1, -0.05) is 18.2 Å². The Morgan fingerprint density at radius 2 is 1.72 bits per heavy atom. The number of hydrogen-bond donors (Lipinski definition) is 1. The largest absolute Gasteiger partial charge is 0.459 e. The SMILES string of the molecule is CN1C2CCC1CC(OC(=O)c1c[nH]c3ccccc13)C2.Cl.O.O.O. The minimum Gasteiger partial charge on any atom is -0.459 e. The minimum atomic E-state index is -0.193. The van der Waals surface area contributed by atoms with E-state index in [1.165, 1.54) is 12.8 Å². The highest BCUT2D eigenvalue weighted by molar-refractivity contribution is 6.04. The fourth-order valence-electron chi connectivity index (χ4n) is 3.91. The monoisotopic (exact) mass is 374 g/mol. The fourth-order valence-corrected chi connectivity index (χ4v) is 3.91. The highest BCUT2D eigenvalue weighted by Gasteiger charge is 2.40. The summed E-state index contributed by atoms with van der Waals surface area (Å²) in [5.41, 5.74) is 1.63. The van der Waals surface area contributed by atoms with Crippen molar-refractivity contribution in [1.82, 2.24) is 9.88 Å². The van der Waals surface area contributed by atoms with Gasteiger partial charge >= 0.3 is 5.97 Å². The lowest BCUT2D eigenvalue weighted by Crippen LogP contribution is -2.43. The molecule has 8 heteroatoms. The first-order valence-corrected chi connectivity index (χ1v) is 7.71. The van der Waals surface area contributed by atoms with Crippen LogP contribution in [0.5, 0.6) is 0 Å². The van der Waals surface area contributed by atoms with Crippen molar-refractivity contribution in [3.05, 3.63) is 36.0 Å². The van der Waals surface area contributed by atoms with E-state index in [2.05, 4.69) is 16.9 Å². The molecule has 2 bridgehead atoms. The van der Waals surface area contributed by atoms with Gasteiger partial charge in [0.2, 0.25) is 0 Å². The van der Waals surface area contributed by atoms with Crippen LogP contribution in [0, 0.1) is 0 Å². The number of benzene rings is 1. The van der Waals surface area contributed by atoms with Crippen LogP contribution in [-0.4, -0.2) is 57.5 Å². The average molecular weight is 375 g/mol. The van der Waals surface area contributed by atoms with Gasteiger partial charge in [0.05, 0.1) is 5.56 Å². The maximum atomic E-state index is 12.4. The number of fused-ring (bicyclic) bond motifs is 3. The predicted octanol–water partition coefficient (Wildman–Crippen LogP) is 0.898. The van der Waals surface area contributed by atoms with Gasteiger partial charge in [0, 0.05) is 42.0 Å². The Kier molecular flexibility index (Phi) is 8.57. The zero-order valence-electron chi connectivity index (χ0n) is 14.1. The van der Waals surface area contributed by atoms with Crippen LogP contribution in [-0.2, 0) is 4.74 Å². The molecule has 0 aliphatic carbocycles. The summed E-state index contributed by atoms with van der Waals surface area (Å²) in [6, 6.07) is 9.02. The fraction of sp³-hybridized carbons (Fsp3) is 0.471. The molecule has 3 heterocycles. The van der Waals surface area contributed by atoms with Crippen molar-refractivity contribution in [2.24, 2.45) is 0 Å². The van der Waals surface area contributed by atoms with Crippen molar-refractivity contribution < 1.29 is 26.0 Å². The van der Waals surface area contributed by atoms with Gasteiger partial charge in [0.15, 0.2) is 0 Å². The van der Waals surface area contributed by atoms with Crippen LogP contribution >= 0.6 is 12.4 Å². The van der Waals surface area contributed by atoms with Crippen molar-refractivity contribution >= 4 is 29.3 Å². The summed E-state index contributed by atoms with van der Waals surface area (Å²) < 4.78 is 5.79. The second-order valence-electron chi connectivity index (χ2n) is 6.30. The number of nitrogens with one attached hydrogen (secondary N) is 1. The van der Waals surface area contributed by atoms with Crippen molar-refractivity contribution in [3.8, 4) is 0 Å². The molecule has 2 aliphatic heterocycles. The predicted molar refractivity (Wildman–Crippen MR) is 99.4 cm³/mol. The molecule has 0 radical (unpaired) electrons. The van der Waals surface area contributed by atoms with E-state index in [4.69, 9.17) is 4.74 Å². The molecule has 0 amide bonds. The molecule has 2 atom stereocenters. The lowest BCUT2D eigenvalue weighted by atomic mass is 10.0. The first-order chi connectivity index (χ1) is 10.2. The number of hydrogen-bond acceptors (Lipinski definition) is 3. The van der Waals surface area contributed by atoms with Crippen LogP contribution < -0.4 is 0 Å². The molecule has 2 aliphatic rings. The van der Waals surface area contributed by atoms with Crippen LogP contribution in [0.15, 0.2) is 30.5 Å². The third-order valence-electron chi connectivity index (χ3n) is 5.14. The molecule has 2 unspecified atom stereocenters. The second kappa shape index (κ2) is 9.17. The molecule has 142 valence electrons. The molecule has 1 aromatic heterocycles. The molecule has 25 heavy (non-hydrogen) atoms. The number of carbonyl (C=O) groups is 1. The van der Waals surface area contributed by atoms with Gasteiger partial charge in [-0.3, -0.25) is 0 Å². The summed E-state index contributed by atoms with van der Waals surface area (Å²) in [6.07, 6.45) is 6.25. The molecule has 7 N–H and O–H groups in total. The summed E-state index contributed by atoms with van der Waals surface area (Å²) in [4.78, 5) is 18.0. The van der Waals surface area contributed by atoms with Gasteiger partial charge < -0.3 is 31.0 Å². The molecule has 0 saturated carbocycles. The molecule has 2 saturated heterocycles. The summed E-state index contributed by atoms with van der Waals surface area (Å²) >= 11 is 0. The Hall–Kier alpha value is -1.64. The lowest BCUT2D eigenvalue weighted by molar-refractivity contribution is -0.000261. The topological polar surface area (TPSA) is 140 Å².